The van der Waals surface area contributed by atoms with Crippen LogP contribution < -0.4 is 5.32 Å². The van der Waals surface area contributed by atoms with Gasteiger partial charge in [-0.25, -0.2) is 0 Å². The highest BCUT2D eigenvalue weighted by molar-refractivity contribution is 14.1. The lowest BCUT2D eigenvalue weighted by atomic mass is 10.1. The molecule has 0 aliphatic heterocycles. The maximum atomic E-state index is 4.19. The number of hydrogen-bond donors (Lipinski definition) is 1. The number of nitrogens with zero attached hydrogens (tertiary/aromatic N) is 4. The van der Waals surface area contributed by atoms with Gasteiger partial charge in [0, 0.05) is 12.5 Å². The number of rotatable bonds is 4. The monoisotopic (exact) mass is 349 g/mol. The van der Waals surface area contributed by atoms with Crippen molar-refractivity contribution in [3.63, 3.8) is 0 Å². The molecule has 0 aliphatic carbocycles. The fourth-order valence-corrected chi connectivity index (χ4v) is 2.91. The molecule has 0 spiro atoms. The van der Waals surface area contributed by atoms with Gasteiger partial charge in [0.2, 0.25) is 0 Å². The molecule has 86 valence electrons. The Morgan fingerprint density at radius 3 is 2.94 bits per heavy atom. The van der Waals surface area contributed by atoms with Crippen molar-refractivity contribution < 1.29 is 0 Å². The molecule has 7 heteroatoms. The smallest absolute Gasteiger partial charge is 0.176 e. The van der Waals surface area contributed by atoms with E-state index in [4.69, 9.17) is 0 Å². The molecule has 2 rings (SSSR count). The molecule has 5 nitrogen and oxygen atoms in total. The van der Waals surface area contributed by atoms with Crippen molar-refractivity contribution in [3.05, 3.63) is 25.7 Å². The van der Waals surface area contributed by atoms with Crippen LogP contribution in [0, 0.1) is 2.88 Å². The lowest BCUT2D eigenvalue weighted by Crippen LogP contribution is -2.19. The van der Waals surface area contributed by atoms with Gasteiger partial charge in [0.1, 0.15) is 0 Å². The van der Waals surface area contributed by atoms with Crippen LogP contribution in [0.4, 0.5) is 0 Å². The molecule has 0 saturated carbocycles. The van der Waals surface area contributed by atoms with Crippen molar-refractivity contribution in [2.75, 3.05) is 7.05 Å². The highest BCUT2D eigenvalue weighted by atomic mass is 127. The predicted octanol–water partition coefficient (Wildman–Crippen LogP) is 1.38. The second kappa shape index (κ2) is 5.19. The minimum absolute atomic E-state index is 0.254. The van der Waals surface area contributed by atoms with Gasteiger partial charge in [0.25, 0.3) is 0 Å². The van der Waals surface area contributed by atoms with Crippen molar-refractivity contribution in [2.24, 2.45) is 7.05 Å². The van der Waals surface area contributed by atoms with Crippen molar-refractivity contribution >= 4 is 33.9 Å². The van der Waals surface area contributed by atoms with Crippen molar-refractivity contribution in [1.82, 2.24) is 25.5 Å². The Bertz CT molecular complexity index is 466. The Morgan fingerprint density at radius 1 is 1.62 bits per heavy atom. The first-order valence-electron chi connectivity index (χ1n) is 4.83. The lowest BCUT2D eigenvalue weighted by molar-refractivity contribution is 0.571. The summed E-state index contributed by atoms with van der Waals surface area (Å²) in [5, 5.41) is 17.5. The molecule has 1 N–H and O–H groups in total. The van der Waals surface area contributed by atoms with E-state index in [0.29, 0.717) is 0 Å². The first-order chi connectivity index (χ1) is 7.69. The quantitative estimate of drug-likeness (QED) is 0.848. The van der Waals surface area contributed by atoms with Crippen LogP contribution in [0.3, 0.4) is 0 Å². The Morgan fingerprint density at radius 2 is 2.44 bits per heavy atom. The average molecular weight is 349 g/mol. The minimum atomic E-state index is 0.254. The molecule has 2 heterocycles. The van der Waals surface area contributed by atoms with E-state index < -0.39 is 0 Å². The highest BCUT2D eigenvalue weighted by Crippen LogP contribution is 2.23. The Labute approximate surface area is 111 Å². The summed E-state index contributed by atoms with van der Waals surface area (Å²) in [6.45, 7) is 0. The van der Waals surface area contributed by atoms with Crippen LogP contribution in [0.1, 0.15) is 17.4 Å². The third kappa shape index (κ3) is 2.77. The zero-order valence-electron chi connectivity index (χ0n) is 9.01. The molecular formula is C9H12IN5S. The topological polar surface area (TPSA) is 55.6 Å². The van der Waals surface area contributed by atoms with E-state index in [1.165, 1.54) is 13.2 Å². The Kier molecular flexibility index (Phi) is 3.87. The summed E-state index contributed by atoms with van der Waals surface area (Å²) in [5.74, 6) is 0.767. The molecule has 0 radical (unpaired) electrons. The van der Waals surface area contributed by atoms with E-state index in [0.717, 1.165) is 12.2 Å². The summed E-state index contributed by atoms with van der Waals surface area (Å²) >= 11 is 4.08. The van der Waals surface area contributed by atoms with E-state index in [1.54, 1.807) is 18.4 Å². The number of likely N-dealkylation sites (N-methyl/N-ethyl adjacent to an activating group) is 1. The summed E-state index contributed by atoms with van der Waals surface area (Å²) in [4.78, 5) is 1.49. The summed E-state index contributed by atoms with van der Waals surface area (Å²) in [7, 11) is 3.73. The molecule has 0 amide bonds. The Hall–Kier alpha value is -0.540. The van der Waals surface area contributed by atoms with Crippen LogP contribution in [-0.2, 0) is 13.5 Å². The predicted molar refractivity (Wildman–Crippen MR) is 71.3 cm³/mol. The largest absolute Gasteiger partial charge is 0.313 e. The molecule has 0 aromatic carbocycles. The van der Waals surface area contributed by atoms with Gasteiger partial charge in [-0.1, -0.05) is 0 Å². The molecule has 16 heavy (non-hydrogen) atoms. The second-order valence-electron chi connectivity index (χ2n) is 3.42. The van der Waals surface area contributed by atoms with Crippen LogP contribution in [0.25, 0.3) is 0 Å². The zero-order valence-corrected chi connectivity index (χ0v) is 12.0. The molecule has 2 aromatic heterocycles. The SMILES string of the molecule is CNC(Cc1nnn(C)n1)c1csc(I)c1. The van der Waals surface area contributed by atoms with Gasteiger partial charge in [-0.05, 0) is 51.9 Å². The van der Waals surface area contributed by atoms with Crippen LogP contribution in [0.5, 0.6) is 0 Å². The van der Waals surface area contributed by atoms with Crippen LogP contribution in [0.15, 0.2) is 11.4 Å². The molecule has 2 aromatic rings. The number of aryl methyl sites for hydroxylation is 1. The zero-order chi connectivity index (χ0) is 11.5. The first kappa shape index (κ1) is 11.9. The molecule has 0 saturated heterocycles. The molecule has 0 bridgehead atoms. The number of hydrogen-bond acceptors (Lipinski definition) is 5. The maximum Gasteiger partial charge on any atom is 0.176 e. The van der Waals surface area contributed by atoms with Crippen molar-refractivity contribution in [1.29, 1.82) is 0 Å². The summed E-state index contributed by atoms with van der Waals surface area (Å²) in [5.41, 5.74) is 1.28. The van der Waals surface area contributed by atoms with E-state index >= 15 is 0 Å². The van der Waals surface area contributed by atoms with Gasteiger partial charge in [-0.2, -0.15) is 4.80 Å². The van der Waals surface area contributed by atoms with Crippen LogP contribution in [-0.4, -0.2) is 27.3 Å². The van der Waals surface area contributed by atoms with Gasteiger partial charge in [0.05, 0.1) is 9.93 Å². The fraction of sp³-hybridized carbons (Fsp3) is 0.444. The van der Waals surface area contributed by atoms with E-state index in [1.807, 2.05) is 7.05 Å². The van der Waals surface area contributed by atoms with Crippen molar-refractivity contribution in [3.8, 4) is 0 Å². The molecular weight excluding hydrogens is 337 g/mol. The van der Waals surface area contributed by atoms with Gasteiger partial charge in [0.15, 0.2) is 5.82 Å². The normalized spacial score (nSPS) is 12.9. The fourth-order valence-electron chi connectivity index (χ4n) is 1.48. The third-order valence-electron chi connectivity index (χ3n) is 2.28. The summed E-state index contributed by atoms with van der Waals surface area (Å²) < 4.78 is 1.29. The molecule has 0 aliphatic rings. The first-order valence-corrected chi connectivity index (χ1v) is 6.79. The maximum absolute atomic E-state index is 4.19. The van der Waals surface area contributed by atoms with Crippen LogP contribution in [0.2, 0.25) is 0 Å². The number of tetrazole rings is 1. The number of aromatic nitrogens is 4. The number of thiophene rings is 1. The number of halogens is 1. The van der Waals surface area contributed by atoms with Gasteiger partial charge >= 0.3 is 0 Å². The molecule has 1 atom stereocenters. The lowest BCUT2D eigenvalue weighted by Gasteiger charge is -2.11. The highest BCUT2D eigenvalue weighted by Gasteiger charge is 2.14. The second-order valence-corrected chi connectivity index (χ2v) is 6.23. The molecule has 1 unspecified atom stereocenters. The summed E-state index contributed by atoms with van der Waals surface area (Å²) in [6, 6.07) is 2.44. The van der Waals surface area contributed by atoms with Gasteiger partial charge in [-0.15, -0.1) is 21.5 Å². The summed E-state index contributed by atoms with van der Waals surface area (Å²) in [6.07, 6.45) is 0.761. The minimum Gasteiger partial charge on any atom is -0.313 e. The average Bonchev–Trinajstić information content (AvgIpc) is 2.84. The van der Waals surface area contributed by atoms with E-state index in [9.17, 15) is 0 Å². The third-order valence-corrected chi connectivity index (χ3v) is 4.08. The van der Waals surface area contributed by atoms with E-state index in [-0.39, 0.29) is 6.04 Å². The van der Waals surface area contributed by atoms with Gasteiger partial charge in [-0.3, -0.25) is 0 Å². The molecule has 0 fully saturated rings. The standard InChI is InChI=1S/C9H12IN5S/c1-11-7(6-3-8(10)16-5-6)4-9-12-14-15(2)13-9/h3,5,7,11H,4H2,1-2H3. The van der Waals surface area contributed by atoms with E-state index in [2.05, 4.69) is 54.8 Å². The van der Waals surface area contributed by atoms with Gasteiger partial charge < -0.3 is 5.32 Å². The van der Waals surface area contributed by atoms with Crippen molar-refractivity contribution in [2.45, 2.75) is 12.5 Å². The van der Waals surface area contributed by atoms with Crippen LogP contribution >= 0.6 is 33.9 Å². The number of nitrogens with one attached hydrogen (secondary N) is 1. The Balaban J connectivity index is 2.12.